The lowest BCUT2D eigenvalue weighted by Crippen LogP contribution is -2.52. The van der Waals surface area contributed by atoms with Crippen LogP contribution < -0.4 is 5.32 Å². The first-order valence-electron chi connectivity index (χ1n) is 10.3. The number of halogens is 3. The number of nitrogens with zero attached hydrogens (tertiary/aromatic N) is 2. The quantitative estimate of drug-likeness (QED) is 0.754. The number of benzene rings is 1. The Morgan fingerprint density at radius 1 is 1.13 bits per heavy atom. The molecule has 0 aromatic heterocycles. The predicted octanol–water partition coefficient (Wildman–Crippen LogP) is 2.71. The predicted molar refractivity (Wildman–Crippen MR) is 106 cm³/mol. The van der Waals surface area contributed by atoms with Gasteiger partial charge in [0, 0.05) is 32.2 Å². The van der Waals surface area contributed by atoms with Crippen LogP contribution in [0, 0.1) is 5.92 Å². The molecule has 1 aromatic carbocycles. The summed E-state index contributed by atoms with van der Waals surface area (Å²) >= 11 is 0. The van der Waals surface area contributed by atoms with Crippen molar-refractivity contribution in [2.24, 2.45) is 5.92 Å². The third-order valence-electron chi connectivity index (χ3n) is 5.96. The lowest BCUT2D eigenvalue weighted by atomic mass is 9.86. The molecule has 2 aliphatic rings. The van der Waals surface area contributed by atoms with Crippen LogP contribution in [-0.4, -0.2) is 62.3 Å². The third kappa shape index (κ3) is 5.53. The molecule has 0 radical (unpaired) electrons. The standard InChI is InChI=1S/C20H28F3N3O3S/c1-15-5-2-3-8-18(15)24-19(27)14-25-9-11-26(12-10-25)30(28,29)17-7-4-6-16(13-17)20(21,22)23/h4,6-7,13,15,18H,2-3,5,8-12,14H2,1H3,(H,24,27)/t15-,18-/m0/s1. The van der Waals surface area contributed by atoms with Gasteiger partial charge in [0.05, 0.1) is 17.0 Å². The van der Waals surface area contributed by atoms with Gasteiger partial charge in [-0.3, -0.25) is 9.69 Å². The summed E-state index contributed by atoms with van der Waals surface area (Å²) in [6, 6.07) is 3.98. The van der Waals surface area contributed by atoms with Crippen molar-refractivity contribution in [3.63, 3.8) is 0 Å². The fourth-order valence-electron chi connectivity index (χ4n) is 4.10. The summed E-state index contributed by atoms with van der Waals surface area (Å²) in [4.78, 5) is 13.9. The molecular formula is C20H28F3N3O3S. The summed E-state index contributed by atoms with van der Waals surface area (Å²) < 4.78 is 65.4. The van der Waals surface area contributed by atoms with Crippen LogP contribution in [0.1, 0.15) is 38.2 Å². The van der Waals surface area contributed by atoms with Crippen molar-refractivity contribution in [2.75, 3.05) is 32.7 Å². The van der Waals surface area contributed by atoms with E-state index in [0.29, 0.717) is 25.1 Å². The maximum atomic E-state index is 12.9. The minimum absolute atomic E-state index is 0.0667. The lowest BCUT2D eigenvalue weighted by molar-refractivity contribution is -0.137. The molecule has 1 aliphatic heterocycles. The van der Waals surface area contributed by atoms with Crippen LogP contribution in [-0.2, 0) is 21.0 Å². The van der Waals surface area contributed by atoms with Crippen LogP contribution in [0.5, 0.6) is 0 Å². The second-order valence-corrected chi connectivity index (χ2v) is 10.1. The molecule has 10 heteroatoms. The van der Waals surface area contributed by atoms with Crippen molar-refractivity contribution in [3.8, 4) is 0 Å². The van der Waals surface area contributed by atoms with Gasteiger partial charge in [-0.1, -0.05) is 25.8 Å². The Balaban J connectivity index is 1.55. The minimum Gasteiger partial charge on any atom is -0.352 e. The fraction of sp³-hybridized carbons (Fsp3) is 0.650. The minimum atomic E-state index is -4.60. The van der Waals surface area contributed by atoms with Gasteiger partial charge in [0.2, 0.25) is 15.9 Å². The van der Waals surface area contributed by atoms with Gasteiger partial charge < -0.3 is 5.32 Å². The molecule has 6 nitrogen and oxygen atoms in total. The second-order valence-electron chi connectivity index (χ2n) is 8.14. The molecule has 2 atom stereocenters. The number of carbonyl (C=O) groups excluding carboxylic acids is 1. The molecule has 1 aromatic rings. The van der Waals surface area contributed by atoms with Crippen molar-refractivity contribution < 1.29 is 26.4 Å². The lowest BCUT2D eigenvalue weighted by Gasteiger charge is -2.34. The first kappa shape index (κ1) is 23.0. The highest BCUT2D eigenvalue weighted by Crippen LogP contribution is 2.31. The van der Waals surface area contributed by atoms with Crippen molar-refractivity contribution in [2.45, 2.75) is 49.7 Å². The van der Waals surface area contributed by atoms with Crippen LogP contribution in [0.3, 0.4) is 0 Å². The summed E-state index contributed by atoms with van der Waals surface area (Å²) in [5.74, 6) is 0.389. The highest BCUT2D eigenvalue weighted by Gasteiger charge is 2.34. The monoisotopic (exact) mass is 447 g/mol. The van der Waals surface area contributed by atoms with Gasteiger partial charge >= 0.3 is 6.18 Å². The van der Waals surface area contributed by atoms with E-state index >= 15 is 0 Å². The Labute approximate surface area is 175 Å². The maximum Gasteiger partial charge on any atom is 0.416 e. The van der Waals surface area contributed by atoms with E-state index < -0.39 is 21.8 Å². The number of piperazine rings is 1. The van der Waals surface area contributed by atoms with Gasteiger partial charge in [0.15, 0.2) is 0 Å². The number of alkyl halides is 3. The van der Waals surface area contributed by atoms with Crippen LogP contribution in [0.15, 0.2) is 29.2 Å². The third-order valence-corrected chi connectivity index (χ3v) is 7.85. The van der Waals surface area contributed by atoms with E-state index in [1.54, 1.807) is 0 Å². The molecule has 1 saturated heterocycles. The summed E-state index contributed by atoms with van der Waals surface area (Å²) in [5.41, 5.74) is -0.990. The average Bonchev–Trinajstić information content (AvgIpc) is 2.69. The molecule has 3 rings (SSSR count). The highest BCUT2D eigenvalue weighted by atomic mass is 32.2. The number of nitrogens with one attached hydrogen (secondary N) is 1. The molecule has 0 bridgehead atoms. The first-order chi connectivity index (χ1) is 14.1. The summed E-state index contributed by atoms with van der Waals surface area (Å²) in [5, 5.41) is 3.08. The molecule has 30 heavy (non-hydrogen) atoms. The van der Waals surface area contributed by atoms with E-state index in [0.717, 1.165) is 31.4 Å². The van der Waals surface area contributed by atoms with Gasteiger partial charge in [-0.15, -0.1) is 0 Å². The smallest absolute Gasteiger partial charge is 0.352 e. The zero-order chi connectivity index (χ0) is 21.9. The van der Waals surface area contributed by atoms with Crippen molar-refractivity contribution in [3.05, 3.63) is 29.8 Å². The first-order valence-corrected chi connectivity index (χ1v) is 11.7. The van der Waals surface area contributed by atoms with E-state index in [9.17, 15) is 26.4 Å². The Kier molecular flexibility index (Phi) is 7.09. The zero-order valence-corrected chi connectivity index (χ0v) is 17.8. The number of amides is 1. The van der Waals surface area contributed by atoms with Crippen molar-refractivity contribution in [1.82, 2.24) is 14.5 Å². The molecule has 1 aliphatic carbocycles. The van der Waals surface area contributed by atoms with Crippen LogP contribution in [0.4, 0.5) is 13.2 Å². The summed E-state index contributed by atoms with van der Waals surface area (Å²) in [7, 11) is -4.02. The topological polar surface area (TPSA) is 69.7 Å². The molecule has 1 N–H and O–H groups in total. The van der Waals surface area contributed by atoms with Crippen LogP contribution >= 0.6 is 0 Å². The molecule has 0 unspecified atom stereocenters. The number of hydrogen-bond donors (Lipinski definition) is 1. The van der Waals surface area contributed by atoms with E-state index in [-0.39, 0.29) is 36.5 Å². The molecule has 1 amide bonds. The molecule has 2 fully saturated rings. The Bertz CT molecular complexity index is 852. The Morgan fingerprint density at radius 3 is 2.43 bits per heavy atom. The molecule has 168 valence electrons. The maximum absolute atomic E-state index is 12.9. The van der Waals surface area contributed by atoms with Crippen molar-refractivity contribution in [1.29, 1.82) is 0 Å². The van der Waals surface area contributed by atoms with Gasteiger partial charge in [-0.2, -0.15) is 17.5 Å². The van der Waals surface area contributed by atoms with E-state index in [4.69, 9.17) is 0 Å². The fourth-order valence-corrected chi connectivity index (χ4v) is 5.56. The van der Waals surface area contributed by atoms with Crippen LogP contribution in [0.2, 0.25) is 0 Å². The van der Waals surface area contributed by atoms with Crippen molar-refractivity contribution >= 4 is 15.9 Å². The van der Waals surface area contributed by atoms with Gasteiger partial charge in [-0.05, 0) is 37.0 Å². The normalized spacial score (nSPS) is 24.5. The summed E-state index contributed by atoms with van der Waals surface area (Å²) in [6.07, 6.45) is -0.211. The molecule has 1 heterocycles. The van der Waals surface area contributed by atoms with Crippen LogP contribution in [0.25, 0.3) is 0 Å². The number of carbonyl (C=O) groups is 1. The number of hydrogen-bond acceptors (Lipinski definition) is 4. The molecule has 0 spiro atoms. The van der Waals surface area contributed by atoms with E-state index in [2.05, 4.69) is 12.2 Å². The van der Waals surface area contributed by atoms with Gasteiger partial charge in [0.25, 0.3) is 0 Å². The average molecular weight is 448 g/mol. The highest BCUT2D eigenvalue weighted by molar-refractivity contribution is 7.89. The van der Waals surface area contributed by atoms with Gasteiger partial charge in [-0.25, -0.2) is 8.42 Å². The van der Waals surface area contributed by atoms with Gasteiger partial charge in [0.1, 0.15) is 0 Å². The molecule has 1 saturated carbocycles. The Morgan fingerprint density at radius 2 is 1.80 bits per heavy atom. The number of sulfonamides is 1. The SMILES string of the molecule is C[C@H]1CCCC[C@@H]1NC(=O)CN1CCN(S(=O)(=O)c2cccc(C(F)(F)F)c2)CC1. The van der Waals surface area contributed by atoms with E-state index in [1.165, 1.54) is 16.8 Å². The summed E-state index contributed by atoms with van der Waals surface area (Å²) in [6.45, 7) is 3.30. The molecular weight excluding hydrogens is 419 g/mol. The zero-order valence-electron chi connectivity index (χ0n) is 17.0. The number of rotatable bonds is 5. The van der Waals surface area contributed by atoms with E-state index in [1.807, 2.05) is 4.90 Å². The largest absolute Gasteiger partial charge is 0.416 e. The second kappa shape index (κ2) is 9.23. The Hall–Kier alpha value is -1.65.